The smallest absolute Gasteiger partial charge is 0.281 e. The van der Waals surface area contributed by atoms with Crippen LogP contribution in [0.5, 0.6) is 5.75 Å². The first kappa shape index (κ1) is 14.2. The fourth-order valence-electron chi connectivity index (χ4n) is 1.86. The first-order valence-corrected chi connectivity index (χ1v) is 8.56. The minimum absolute atomic E-state index is 0.00950. The zero-order valence-electron chi connectivity index (χ0n) is 10.7. The van der Waals surface area contributed by atoms with Crippen LogP contribution in [0, 0.1) is 6.92 Å². The second kappa shape index (κ2) is 4.90. The van der Waals surface area contributed by atoms with Crippen LogP contribution in [0.4, 0.5) is 5.69 Å². The Kier molecular flexibility index (Phi) is 3.31. The highest BCUT2D eigenvalue weighted by Crippen LogP contribution is 2.28. The van der Waals surface area contributed by atoms with Crippen LogP contribution in [0.3, 0.4) is 0 Å². The molecule has 9 heteroatoms. The molecule has 6 nitrogen and oxygen atoms in total. The summed E-state index contributed by atoms with van der Waals surface area (Å²) in [6.45, 7) is 1.72. The molecule has 0 saturated carbocycles. The van der Waals surface area contributed by atoms with Crippen molar-refractivity contribution in [1.82, 2.24) is 9.38 Å². The van der Waals surface area contributed by atoms with Gasteiger partial charge < -0.3 is 5.11 Å². The van der Waals surface area contributed by atoms with E-state index in [2.05, 4.69) is 9.71 Å². The van der Waals surface area contributed by atoms with Crippen LogP contribution in [-0.2, 0) is 10.0 Å². The summed E-state index contributed by atoms with van der Waals surface area (Å²) in [5, 5.41) is 11.1. The maximum absolute atomic E-state index is 12.5. The molecule has 0 aliphatic heterocycles. The van der Waals surface area contributed by atoms with Gasteiger partial charge in [0.2, 0.25) is 0 Å². The summed E-state index contributed by atoms with van der Waals surface area (Å²) >= 11 is 7.21. The van der Waals surface area contributed by atoms with Crippen molar-refractivity contribution in [3.63, 3.8) is 0 Å². The second-order valence-corrected chi connectivity index (χ2v) is 7.20. The van der Waals surface area contributed by atoms with E-state index in [0.29, 0.717) is 10.5 Å². The Morgan fingerprint density at radius 3 is 2.90 bits per heavy atom. The average Bonchev–Trinajstić information content (AvgIpc) is 2.92. The number of phenolic OH excluding ortho intramolecular Hbond substituents is 1. The molecule has 110 valence electrons. The van der Waals surface area contributed by atoms with E-state index in [0.717, 1.165) is 0 Å². The van der Waals surface area contributed by atoms with Crippen molar-refractivity contribution in [2.24, 2.45) is 0 Å². The number of sulfonamides is 1. The van der Waals surface area contributed by atoms with Gasteiger partial charge in [0.25, 0.3) is 10.0 Å². The van der Waals surface area contributed by atoms with Gasteiger partial charge >= 0.3 is 0 Å². The van der Waals surface area contributed by atoms with Gasteiger partial charge in [-0.05, 0) is 18.6 Å². The maximum Gasteiger partial charge on any atom is 0.281 e. The number of halogens is 1. The molecular formula is C12H10ClN3O3S2. The number of aromatic hydroxyl groups is 1. The normalized spacial score (nSPS) is 11.9. The third kappa shape index (κ3) is 2.45. The predicted molar refractivity (Wildman–Crippen MR) is 81.7 cm³/mol. The summed E-state index contributed by atoms with van der Waals surface area (Å²) < 4.78 is 28.7. The van der Waals surface area contributed by atoms with Crippen LogP contribution in [-0.4, -0.2) is 22.9 Å². The summed E-state index contributed by atoms with van der Waals surface area (Å²) in [5.74, 6) is 0.00950. The van der Waals surface area contributed by atoms with Gasteiger partial charge in [-0.15, -0.1) is 11.3 Å². The number of aromatic nitrogens is 2. The number of thiazole rings is 1. The molecule has 0 atom stereocenters. The first-order valence-electron chi connectivity index (χ1n) is 5.82. The Morgan fingerprint density at radius 1 is 1.43 bits per heavy atom. The molecule has 0 unspecified atom stereocenters. The van der Waals surface area contributed by atoms with E-state index in [1.165, 1.54) is 21.8 Å². The molecular weight excluding hydrogens is 334 g/mol. The fourth-order valence-corrected chi connectivity index (χ4v) is 4.36. The van der Waals surface area contributed by atoms with Crippen molar-refractivity contribution in [1.29, 1.82) is 0 Å². The molecule has 0 aliphatic rings. The first-order chi connectivity index (χ1) is 9.88. The van der Waals surface area contributed by atoms with E-state index < -0.39 is 10.0 Å². The lowest BCUT2D eigenvalue weighted by Crippen LogP contribution is -2.15. The SMILES string of the molecule is Cc1ccc(NS(=O)(=O)c2c(Cl)nc3sccn23)cc1O. The molecule has 2 N–H and O–H groups in total. The van der Waals surface area contributed by atoms with Gasteiger partial charge in [0.05, 0.1) is 5.69 Å². The van der Waals surface area contributed by atoms with Crippen molar-refractivity contribution < 1.29 is 13.5 Å². The second-order valence-electron chi connectivity index (χ2n) is 4.37. The largest absolute Gasteiger partial charge is 0.508 e. The van der Waals surface area contributed by atoms with Crippen LogP contribution in [0.15, 0.2) is 34.8 Å². The monoisotopic (exact) mass is 343 g/mol. The molecule has 3 aromatic rings. The van der Waals surface area contributed by atoms with Crippen LogP contribution in [0.2, 0.25) is 5.15 Å². The number of rotatable bonds is 3. The van der Waals surface area contributed by atoms with Crippen molar-refractivity contribution in [2.75, 3.05) is 4.72 Å². The molecule has 0 amide bonds. The molecule has 0 radical (unpaired) electrons. The number of imidazole rings is 1. The average molecular weight is 344 g/mol. The van der Waals surface area contributed by atoms with E-state index in [9.17, 15) is 13.5 Å². The van der Waals surface area contributed by atoms with Crippen molar-refractivity contribution >= 4 is 43.6 Å². The zero-order valence-corrected chi connectivity index (χ0v) is 13.1. The summed E-state index contributed by atoms with van der Waals surface area (Å²) in [6.07, 6.45) is 1.58. The van der Waals surface area contributed by atoms with Gasteiger partial charge in [-0.2, -0.15) is 8.42 Å². The molecule has 0 aliphatic carbocycles. The molecule has 0 saturated heterocycles. The molecule has 0 fully saturated rings. The standard InChI is InChI=1S/C12H10ClN3O3S2/c1-7-2-3-8(6-9(7)17)15-21(18,19)11-10(13)14-12-16(11)4-5-20-12/h2-6,15,17H,1H3. The highest BCUT2D eigenvalue weighted by molar-refractivity contribution is 7.92. The number of aryl methyl sites for hydroxylation is 1. The number of benzene rings is 1. The van der Waals surface area contributed by atoms with Crippen molar-refractivity contribution in [3.05, 3.63) is 40.5 Å². The van der Waals surface area contributed by atoms with Gasteiger partial charge in [-0.1, -0.05) is 17.7 Å². The molecule has 1 aromatic carbocycles. The molecule has 21 heavy (non-hydrogen) atoms. The summed E-state index contributed by atoms with van der Waals surface area (Å²) in [5.41, 5.74) is 0.903. The maximum atomic E-state index is 12.5. The third-order valence-corrected chi connectivity index (χ3v) is 5.43. The van der Waals surface area contributed by atoms with Gasteiger partial charge in [-0.3, -0.25) is 9.12 Å². The number of hydrogen-bond acceptors (Lipinski definition) is 5. The number of phenols is 1. The van der Waals surface area contributed by atoms with E-state index in [-0.39, 0.29) is 21.6 Å². The van der Waals surface area contributed by atoms with E-state index in [1.54, 1.807) is 30.6 Å². The molecule has 2 heterocycles. The minimum atomic E-state index is -3.91. The number of nitrogens with zero attached hydrogens (tertiary/aromatic N) is 2. The number of fused-ring (bicyclic) bond motifs is 1. The predicted octanol–water partition coefficient (Wildman–Crippen LogP) is 2.86. The Balaban J connectivity index is 2.06. The van der Waals surface area contributed by atoms with Crippen LogP contribution < -0.4 is 4.72 Å². The van der Waals surface area contributed by atoms with Gasteiger partial charge in [0.1, 0.15) is 5.75 Å². The molecule has 3 rings (SSSR count). The molecule has 2 aromatic heterocycles. The van der Waals surface area contributed by atoms with Crippen LogP contribution in [0.1, 0.15) is 5.56 Å². The highest BCUT2D eigenvalue weighted by Gasteiger charge is 2.25. The highest BCUT2D eigenvalue weighted by atomic mass is 35.5. The molecule has 0 bridgehead atoms. The molecule has 0 spiro atoms. The van der Waals surface area contributed by atoms with Crippen molar-refractivity contribution in [3.8, 4) is 5.75 Å². The van der Waals surface area contributed by atoms with Crippen LogP contribution >= 0.6 is 22.9 Å². The lowest BCUT2D eigenvalue weighted by atomic mass is 10.2. The lowest BCUT2D eigenvalue weighted by Gasteiger charge is -2.08. The lowest BCUT2D eigenvalue weighted by molar-refractivity contribution is 0.471. The summed E-state index contributed by atoms with van der Waals surface area (Å²) in [6, 6.07) is 4.52. The summed E-state index contributed by atoms with van der Waals surface area (Å²) in [4.78, 5) is 4.48. The number of anilines is 1. The number of hydrogen-bond donors (Lipinski definition) is 2. The van der Waals surface area contributed by atoms with Crippen molar-refractivity contribution in [2.45, 2.75) is 11.9 Å². The van der Waals surface area contributed by atoms with Gasteiger partial charge in [0, 0.05) is 17.6 Å². The summed E-state index contributed by atoms with van der Waals surface area (Å²) in [7, 11) is -3.91. The fraction of sp³-hybridized carbons (Fsp3) is 0.0833. The van der Waals surface area contributed by atoms with Gasteiger partial charge in [0.15, 0.2) is 15.1 Å². The topological polar surface area (TPSA) is 83.7 Å². The van der Waals surface area contributed by atoms with Crippen LogP contribution in [0.25, 0.3) is 4.96 Å². The van der Waals surface area contributed by atoms with E-state index in [1.807, 2.05) is 0 Å². The number of nitrogens with one attached hydrogen (secondary N) is 1. The third-order valence-electron chi connectivity index (χ3n) is 2.89. The Labute approximate surface area is 129 Å². The Morgan fingerprint density at radius 2 is 2.19 bits per heavy atom. The van der Waals surface area contributed by atoms with E-state index >= 15 is 0 Å². The quantitative estimate of drug-likeness (QED) is 0.766. The minimum Gasteiger partial charge on any atom is -0.508 e. The Bertz CT molecular complexity index is 931. The van der Waals surface area contributed by atoms with Gasteiger partial charge in [-0.25, -0.2) is 4.98 Å². The zero-order chi connectivity index (χ0) is 15.2. The van der Waals surface area contributed by atoms with E-state index in [4.69, 9.17) is 11.6 Å². The Hall–Kier alpha value is -1.77.